The van der Waals surface area contributed by atoms with Gasteiger partial charge in [-0.1, -0.05) is 0 Å². The fourth-order valence-corrected chi connectivity index (χ4v) is 2.93. The van der Waals surface area contributed by atoms with Gasteiger partial charge in [0.2, 0.25) is 10.0 Å². The Labute approximate surface area is 90.9 Å². The highest BCUT2D eigenvalue weighted by Gasteiger charge is 2.32. The number of aliphatic hydroxyl groups is 1. The quantitative estimate of drug-likeness (QED) is 0.646. The Balaban J connectivity index is 2.20. The van der Waals surface area contributed by atoms with E-state index >= 15 is 0 Å². The maximum atomic E-state index is 11.4. The molecule has 0 saturated heterocycles. The summed E-state index contributed by atoms with van der Waals surface area (Å²) in [5, 5.41) is 8.53. The van der Waals surface area contributed by atoms with Crippen LogP contribution in [0.5, 0.6) is 0 Å². The SMILES string of the molecule is CCOC1CC(NS(=O)(=O)CCCO)C1. The van der Waals surface area contributed by atoms with Gasteiger partial charge < -0.3 is 9.84 Å². The second-order valence-electron chi connectivity index (χ2n) is 3.76. The second kappa shape index (κ2) is 5.79. The molecule has 90 valence electrons. The van der Waals surface area contributed by atoms with Gasteiger partial charge >= 0.3 is 0 Å². The lowest BCUT2D eigenvalue weighted by Crippen LogP contribution is -2.48. The van der Waals surface area contributed by atoms with Crippen LogP contribution < -0.4 is 4.72 Å². The standard InChI is InChI=1S/C9H19NO4S/c1-2-14-9-6-8(7-9)10-15(12,13)5-3-4-11/h8-11H,2-7H2,1H3. The van der Waals surface area contributed by atoms with Gasteiger partial charge in [-0.05, 0) is 26.2 Å². The van der Waals surface area contributed by atoms with Crippen LogP contribution in [0.1, 0.15) is 26.2 Å². The summed E-state index contributed by atoms with van der Waals surface area (Å²) < 4.78 is 30.7. The van der Waals surface area contributed by atoms with Crippen LogP contribution in [0.15, 0.2) is 0 Å². The monoisotopic (exact) mass is 237 g/mol. The van der Waals surface area contributed by atoms with Gasteiger partial charge in [-0.15, -0.1) is 0 Å². The summed E-state index contributed by atoms with van der Waals surface area (Å²) in [6.45, 7) is 2.51. The van der Waals surface area contributed by atoms with Crippen molar-refractivity contribution in [2.75, 3.05) is 19.0 Å². The lowest BCUT2D eigenvalue weighted by atomic mass is 9.90. The Hall–Kier alpha value is -0.170. The van der Waals surface area contributed by atoms with E-state index in [0.717, 1.165) is 12.8 Å². The molecule has 0 aromatic heterocycles. The zero-order chi connectivity index (χ0) is 11.3. The Kier molecular flexibility index (Phi) is 4.98. The summed E-state index contributed by atoms with van der Waals surface area (Å²) in [6, 6.07) is 0.0187. The molecule has 0 aliphatic heterocycles. The van der Waals surface area contributed by atoms with Crippen molar-refractivity contribution in [1.82, 2.24) is 4.72 Å². The maximum Gasteiger partial charge on any atom is 0.211 e. The average molecular weight is 237 g/mol. The van der Waals surface area contributed by atoms with Crippen molar-refractivity contribution >= 4 is 10.0 Å². The number of sulfonamides is 1. The number of hydrogen-bond donors (Lipinski definition) is 2. The van der Waals surface area contributed by atoms with E-state index in [2.05, 4.69) is 4.72 Å². The first kappa shape index (κ1) is 12.9. The van der Waals surface area contributed by atoms with Crippen LogP contribution in [-0.2, 0) is 14.8 Å². The first-order chi connectivity index (χ1) is 7.07. The predicted octanol–water partition coefficient (Wildman–Crippen LogP) is -0.144. The van der Waals surface area contributed by atoms with Crippen LogP contribution in [0.3, 0.4) is 0 Å². The number of hydrogen-bond acceptors (Lipinski definition) is 4. The molecular weight excluding hydrogens is 218 g/mol. The molecule has 0 aromatic rings. The minimum absolute atomic E-state index is 0.000693. The predicted molar refractivity (Wildman–Crippen MR) is 57.1 cm³/mol. The zero-order valence-corrected chi connectivity index (χ0v) is 9.79. The fraction of sp³-hybridized carbons (Fsp3) is 1.00. The molecule has 0 unspecified atom stereocenters. The summed E-state index contributed by atoms with van der Waals surface area (Å²) in [5.74, 6) is -0.000693. The lowest BCUT2D eigenvalue weighted by Gasteiger charge is -2.35. The zero-order valence-electron chi connectivity index (χ0n) is 8.98. The van der Waals surface area contributed by atoms with E-state index in [1.165, 1.54) is 0 Å². The highest BCUT2D eigenvalue weighted by Crippen LogP contribution is 2.23. The molecule has 0 spiro atoms. The van der Waals surface area contributed by atoms with Crippen molar-refractivity contribution < 1.29 is 18.3 Å². The summed E-state index contributed by atoms with van der Waals surface area (Å²) in [5.41, 5.74) is 0. The minimum atomic E-state index is -3.21. The van der Waals surface area contributed by atoms with Crippen LogP contribution in [0.4, 0.5) is 0 Å². The van der Waals surface area contributed by atoms with Crippen LogP contribution in [0, 0.1) is 0 Å². The molecule has 0 heterocycles. The maximum absolute atomic E-state index is 11.4. The van der Waals surface area contributed by atoms with Crippen LogP contribution in [0.25, 0.3) is 0 Å². The van der Waals surface area contributed by atoms with E-state index in [4.69, 9.17) is 9.84 Å². The molecule has 1 aliphatic carbocycles. The van der Waals surface area contributed by atoms with E-state index < -0.39 is 10.0 Å². The van der Waals surface area contributed by atoms with Crippen molar-refractivity contribution in [3.05, 3.63) is 0 Å². The summed E-state index contributed by atoms with van der Waals surface area (Å²) in [6.07, 6.45) is 2.01. The summed E-state index contributed by atoms with van der Waals surface area (Å²) in [7, 11) is -3.21. The lowest BCUT2D eigenvalue weighted by molar-refractivity contribution is -0.00476. The number of rotatable bonds is 7. The molecule has 1 rings (SSSR count). The first-order valence-electron chi connectivity index (χ1n) is 5.30. The molecular formula is C9H19NO4S. The van der Waals surface area contributed by atoms with Gasteiger partial charge in [0.1, 0.15) is 0 Å². The van der Waals surface area contributed by atoms with Gasteiger partial charge in [-0.25, -0.2) is 13.1 Å². The van der Waals surface area contributed by atoms with Gasteiger partial charge in [0.05, 0.1) is 11.9 Å². The Morgan fingerprint density at radius 3 is 2.67 bits per heavy atom. The van der Waals surface area contributed by atoms with Gasteiger partial charge in [0, 0.05) is 19.3 Å². The van der Waals surface area contributed by atoms with E-state index in [0.29, 0.717) is 6.61 Å². The molecule has 2 N–H and O–H groups in total. The van der Waals surface area contributed by atoms with Gasteiger partial charge in [-0.2, -0.15) is 0 Å². The van der Waals surface area contributed by atoms with E-state index in [9.17, 15) is 8.42 Å². The van der Waals surface area contributed by atoms with E-state index in [1.807, 2.05) is 6.92 Å². The van der Waals surface area contributed by atoms with Crippen molar-refractivity contribution in [2.24, 2.45) is 0 Å². The third-order valence-corrected chi connectivity index (χ3v) is 3.93. The van der Waals surface area contributed by atoms with Crippen LogP contribution in [0.2, 0.25) is 0 Å². The summed E-state index contributed by atoms with van der Waals surface area (Å²) >= 11 is 0. The Bertz CT molecular complexity index is 272. The van der Waals surface area contributed by atoms with Crippen molar-refractivity contribution in [2.45, 2.75) is 38.3 Å². The molecule has 1 fully saturated rings. The number of ether oxygens (including phenoxy) is 1. The van der Waals surface area contributed by atoms with Gasteiger partial charge in [0.15, 0.2) is 0 Å². The molecule has 0 atom stereocenters. The largest absolute Gasteiger partial charge is 0.396 e. The van der Waals surface area contributed by atoms with Crippen molar-refractivity contribution in [3.63, 3.8) is 0 Å². The average Bonchev–Trinajstić information content (AvgIpc) is 2.11. The van der Waals surface area contributed by atoms with Crippen molar-refractivity contribution in [3.8, 4) is 0 Å². The first-order valence-corrected chi connectivity index (χ1v) is 6.95. The van der Waals surface area contributed by atoms with Gasteiger partial charge in [-0.3, -0.25) is 0 Å². The topological polar surface area (TPSA) is 75.6 Å². The summed E-state index contributed by atoms with van der Waals surface area (Å²) in [4.78, 5) is 0. The number of aliphatic hydroxyl groups excluding tert-OH is 1. The third kappa shape index (κ3) is 4.46. The highest BCUT2D eigenvalue weighted by molar-refractivity contribution is 7.89. The third-order valence-electron chi connectivity index (χ3n) is 2.41. The molecule has 0 amide bonds. The van der Waals surface area contributed by atoms with E-state index in [1.54, 1.807) is 0 Å². The molecule has 15 heavy (non-hydrogen) atoms. The van der Waals surface area contributed by atoms with Gasteiger partial charge in [0.25, 0.3) is 0 Å². The Morgan fingerprint density at radius 2 is 2.13 bits per heavy atom. The molecule has 0 radical (unpaired) electrons. The Morgan fingerprint density at radius 1 is 1.47 bits per heavy atom. The molecule has 1 aliphatic rings. The minimum Gasteiger partial charge on any atom is -0.396 e. The highest BCUT2D eigenvalue weighted by atomic mass is 32.2. The molecule has 6 heteroatoms. The number of nitrogens with one attached hydrogen (secondary N) is 1. The van der Waals surface area contributed by atoms with Crippen molar-refractivity contribution in [1.29, 1.82) is 0 Å². The second-order valence-corrected chi connectivity index (χ2v) is 5.63. The molecule has 0 aromatic carbocycles. The fourth-order valence-electron chi connectivity index (χ4n) is 1.60. The van der Waals surface area contributed by atoms with Crippen LogP contribution >= 0.6 is 0 Å². The molecule has 5 nitrogen and oxygen atoms in total. The molecule has 1 saturated carbocycles. The smallest absolute Gasteiger partial charge is 0.211 e. The normalized spacial score (nSPS) is 26.3. The molecule has 0 bridgehead atoms. The van der Waals surface area contributed by atoms with E-state index in [-0.39, 0.29) is 30.9 Å². The van der Waals surface area contributed by atoms with Crippen LogP contribution in [-0.4, -0.2) is 44.6 Å².